The Hall–Kier alpha value is 0.200. The molecule has 1 saturated heterocycles. The van der Waals surface area contributed by atoms with Gasteiger partial charge in [0.15, 0.2) is 0 Å². The first-order valence-electron chi connectivity index (χ1n) is 4.96. The van der Waals surface area contributed by atoms with Crippen molar-refractivity contribution in [3.63, 3.8) is 0 Å². The van der Waals surface area contributed by atoms with Crippen molar-refractivity contribution in [1.82, 2.24) is 5.32 Å². The first-order chi connectivity index (χ1) is 6.77. The zero-order chi connectivity index (χ0) is 9.97. The summed E-state index contributed by atoms with van der Waals surface area (Å²) < 4.78 is 1.15. The summed E-state index contributed by atoms with van der Waals surface area (Å²) in [5, 5.41) is 4.39. The van der Waals surface area contributed by atoms with Crippen molar-refractivity contribution in [1.29, 1.82) is 0 Å². The van der Waals surface area contributed by atoms with Crippen LogP contribution in [0.4, 0.5) is 0 Å². The molecule has 0 aromatic heterocycles. The van der Waals surface area contributed by atoms with Gasteiger partial charge in [-0.15, -0.1) is 0 Å². The SMILES string of the molecule is Clc1ccc([C@H]2CCCCN2)cc1I. The van der Waals surface area contributed by atoms with Crippen molar-refractivity contribution in [2.45, 2.75) is 25.3 Å². The van der Waals surface area contributed by atoms with Crippen LogP contribution in [0.15, 0.2) is 18.2 Å². The van der Waals surface area contributed by atoms with E-state index < -0.39 is 0 Å². The van der Waals surface area contributed by atoms with Crippen LogP contribution in [-0.2, 0) is 0 Å². The lowest BCUT2D eigenvalue weighted by atomic mass is 9.98. The Labute approximate surface area is 103 Å². The van der Waals surface area contributed by atoms with E-state index in [9.17, 15) is 0 Å². The van der Waals surface area contributed by atoms with E-state index in [0.717, 1.165) is 15.1 Å². The normalized spacial score (nSPS) is 22.3. The molecule has 0 spiro atoms. The smallest absolute Gasteiger partial charge is 0.0539 e. The number of hydrogen-bond donors (Lipinski definition) is 1. The van der Waals surface area contributed by atoms with Gasteiger partial charge in [-0.05, 0) is 59.7 Å². The van der Waals surface area contributed by atoms with Gasteiger partial charge < -0.3 is 5.32 Å². The van der Waals surface area contributed by atoms with Crippen molar-refractivity contribution in [2.75, 3.05) is 6.54 Å². The van der Waals surface area contributed by atoms with Crippen LogP contribution in [-0.4, -0.2) is 6.54 Å². The fourth-order valence-corrected chi connectivity index (χ4v) is 2.52. The van der Waals surface area contributed by atoms with Crippen molar-refractivity contribution in [2.24, 2.45) is 0 Å². The minimum Gasteiger partial charge on any atom is -0.310 e. The maximum absolute atomic E-state index is 5.99. The summed E-state index contributed by atoms with van der Waals surface area (Å²) >= 11 is 8.28. The summed E-state index contributed by atoms with van der Waals surface area (Å²) in [6.45, 7) is 1.14. The largest absolute Gasteiger partial charge is 0.310 e. The molecule has 1 atom stereocenters. The van der Waals surface area contributed by atoms with Crippen LogP contribution < -0.4 is 5.32 Å². The van der Waals surface area contributed by atoms with Crippen LogP contribution in [0, 0.1) is 3.57 Å². The molecule has 1 aliphatic rings. The van der Waals surface area contributed by atoms with Crippen LogP contribution in [0.5, 0.6) is 0 Å². The molecule has 1 fully saturated rings. The minimum absolute atomic E-state index is 0.537. The van der Waals surface area contributed by atoms with Gasteiger partial charge in [0, 0.05) is 9.61 Å². The Bertz CT molecular complexity index is 321. The molecule has 76 valence electrons. The highest BCUT2D eigenvalue weighted by atomic mass is 127. The molecule has 0 aliphatic carbocycles. The van der Waals surface area contributed by atoms with Gasteiger partial charge in [-0.25, -0.2) is 0 Å². The van der Waals surface area contributed by atoms with E-state index in [4.69, 9.17) is 11.6 Å². The molecule has 1 nitrogen and oxygen atoms in total. The van der Waals surface area contributed by atoms with Crippen molar-refractivity contribution in [3.8, 4) is 0 Å². The third-order valence-corrected chi connectivity index (χ3v) is 4.20. The first kappa shape index (κ1) is 10.7. The van der Waals surface area contributed by atoms with E-state index in [1.165, 1.54) is 24.8 Å². The van der Waals surface area contributed by atoms with Crippen LogP contribution >= 0.6 is 34.2 Å². The van der Waals surface area contributed by atoms with Crippen molar-refractivity contribution < 1.29 is 0 Å². The van der Waals surface area contributed by atoms with E-state index in [2.05, 4.69) is 40.0 Å². The third-order valence-electron chi connectivity index (χ3n) is 2.66. The Morgan fingerprint density at radius 3 is 2.86 bits per heavy atom. The lowest BCUT2D eigenvalue weighted by Gasteiger charge is -2.24. The van der Waals surface area contributed by atoms with E-state index in [0.29, 0.717) is 6.04 Å². The molecule has 0 radical (unpaired) electrons. The maximum atomic E-state index is 5.99. The number of piperidine rings is 1. The highest BCUT2D eigenvalue weighted by Crippen LogP contribution is 2.27. The summed E-state index contributed by atoms with van der Waals surface area (Å²) in [6.07, 6.45) is 3.88. The van der Waals surface area contributed by atoms with E-state index in [1.807, 2.05) is 6.07 Å². The monoisotopic (exact) mass is 321 g/mol. The zero-order valence-corrected chi connectivity index (χ0v) is 10.8. The Balaban J connectivity index is 2.18. The zero-order valence-electron chi connectivity index (χ0n) is 7.89. The molecule has 1 aliphatic heterocycles. The fraction of sp³-hybridized carbons (Fsp3) is 0.455. The van der Waals surface area contributed by atoms with Gasteiger partial charge in [-0.2, -0.15) is 0 Å². The molecule has 1 N–H and O–H groups in total. The number of halogens is 2. The maximum Gasteiger partial charge on any atom is 0.0539 e. The van der Waals surface area contributed by atoms with Gasteiger partial charge in [-0.3, -0.25) is 0 Å². The number of nitrogens with one attached hydrogen (secondary N) is 1. The summed E-state index contributed by atoms with van der Waals surface area (Å²) in [7, 11) is 0. The average Bonchev–Trinajstić information content (AvgIpc) is 2.23. The minimum atomic E-state index is 0.537. The van der Waals surface area contributed by atoms with Gasteiger partial charge in [0.05, 0.1) is 5.02 Å². The highest BCUT2D eigenvalue weighted by Gasteiger charge is 2.14. The van der Waals surface area contributed by atoms with Gasteiger partial charge in [0.1, 0.15) is 0 Å². The second kappa shape index (κ2) is 4.81. The quantitative estimate of drug-likeness (QED) is 0.777. The molecule has 3 heteroatoms. The Kier molecular flexibility index (Phi) is 3.68. The molecule has 1 aromatic rings. The van der Waals surface area contributed by atoms with Gasteiger partial charge >= 0.3 is 0 Å². The van der Waals surface area contributed by atoms with E-state index >= 15 is 0 Å². The molecular weight excluding hydrogens is 308 g/mol. The second-order valence-electron chi connectivity index (χ2n) is 3.68. The fourth-order valence-electron chi connectivity index (χ4n) is 1.87. The predicted octanol–water partition coefficient (Wildman–Crippen LogP) is 3.76. The number of hydrogen-bond acceptors (Lipinski definition) is 1. The lowest BCUT2D eigenvalue weighted by molar-refractivity contribution is 0.412. The molecular formula is C11H13ClIN. The molecule has 1 heterocycles. The molecule has 0 amide bonds. The lowest BCUT2D eigenvalue weighted by Crippen LogP contribution is -2.26. The van der Waals surface area contributed by atoms with Crippen LogP contribution in [0.1, 0.15) is 30.9 Å². The molecule has 0 saturated carbocycles. The van der Waals surface area contributed by atoms with Crippen molar-refractivity contribution in [3.05, 3.63) is 32.4 Å². The second-order valence-corrected chi connectivity index (χ2v) is 5.25. The number of rotatable bonds is 1. The van der Waals surface area contributed by atoms with Crippen LogP contribution in [0.2, 0.25) is 5.02 Å². The molecule has 1 aromatic carbocycles. The average molecular weight is 322 g/mol. The summed E-state index contributed by atoms with van der Waals surface area (Å²) in [5.74, 6) is 0. The molecule has 0 bridgehead atoms. The Morgan fingerprint density at radius 2 is 2.21 bits per heavy atom. The first-order valence-corrected chi connectivity index (χ1v) is 6.41. The van der Waals surface area contributed by atoms with Crippen LogP contribution in [0.3, 0.4) is 0 Å². The topological polar surface area (TPSA) is 12.0 Å². The third kappa shape index (κ3) is 2.41. The summed E-state index contributed by atoms with van der Waals surface area (Å²) in [5.41, 5.74) is 1.37. The Morgan fingerprint density at radius 1 is 1.36 bits per heavy atom. The highest BCUT2D eigenvalue weighted by molar-refractivity contribution is 14.1. The van der Waals surface area contributed by atoms with Gasteiger partial charge in [-0.1, -0.05) is 24.1 Å². The predicted molar refractivity (Wildman–Crippen MR) is 68.8 cm³/mol. The molecule has 2 rings (SSSR count). The van der Waals surface area contributed by atoms with E-state index in [-0.39, 0.29) is 0 Å². The molecule has 0 unspecified atom stereocenters. The standard InChI is InChI=1S/C11H13ClIN/c12-9-5-4-8(7-10(9)13)11-3-1-2-6-14-11/h4-5,7,11,14H,1-3,6H2/t11-/m1/s1. The van der Waals surface area contributed by atoms with Crippen molar-refractivity contribution >= 4 is 34.2 Å². The van der Waals surface area contributed by atoms with Gasteiger partial charge in [0.2, 0.25) is 0 Å². The van der Waals surface area contributed by atoms with Crippen LogP contribution in [0.25, 0.3) is 0 Å². The number of benzene rings is 1. The molecule has 14 heavy (non-hydrogen) atoms. The van der Waals surface area contributed by atoms with E-state index in [1.54, 1.807) is 0 Å². The van der Waals surface area contributed by atoms with Gasteiger partial charge in [0.25, 0.3) is 0 Å². The summed E-state index contributed by atoms with van der Waals surface area (Å²) in [4.78, 5) is 0. The summed E-state index contributed by atoms with van der Waals surface area (Å²) in [6, 6.07) is 6.85.